The molecule has 6 aliphatic carbocycles. The Hall–Kier alpha value is -0.790. The summed E-state index contributed by atoms with van der Waals surface area (Å²) in [5.74, 6) is 5.43. The SMILES string of the molecule is C=C(C)C(=O)OC1(C2CC3CCC2C3)C2CC3CC(C2)CC1C3. The van der Waals surface area contributed by atoms with Crippen molar-refractivity contribution >= 4 is 5.97 Å². The van der Waals surface area contributed by atoms with E-state index in [0.717, 1.165) is 23.7 Å². The van der Waals surface area contributed by atoms with Crippen molar-refractivity contribution in [2.75, 3.05) is 0 Å². The molecule has 2 nitrogen and oxygen atoms in total. The van der Waals surface area contributed by atoms with Gasteiger partial charge in [-0.1, -0.05) is 13.0 Å². The maximum absolute atomic E-state index is 12.6. The van der Waals surface area contributed by atoms with E-state index in [-0.39, 0.29) is 11.6 Å². The van der Waals surface area contributed by atoms with Crippen LogP contribution in [0.1, 0.15) is 64.7 Å². The van der Waals surface area contributed by atoms with Crippen molar-refractivity contribution in [3.63, 3.8) is 0 Å². The van der Waals surface area contributed by atoms with Crippen LogP contribution in [0.4, 0.5) is 0 Å². The largest absolute Gasteiger partial charge is 0.455 e. The fourth-order valence-corrected chi connectivity index (χ4v) is 7.81. The minimum atomic E-state index is -0.122. The predicted molar refractivity (Wildman–Crippen MR) is 89.6 cm³/mol. The molecule has 6 rings (SSSR count). The zero-order chi connectivity index (χ0) is 15.8. The number of ether oxygens (including phenoxy) is 1. The second kappa shape index (κ2) is 4.86. The van der Waals surface area contributed by atoms with Crippen LogP contribution in [-0.4, -0.2) is 11.6 Å². The molecule has 0 spiro atoms. The Morgan fingerprint density at radius 3 is 2.04 bits per heavy atom. The minimum Gasteiger partial charge on any atom is -0.455 e. The van der Waals surface area contributed by atoms with Crippen molar-refractivity contribution < 1.29 is 9.53 Å². The summed E-state index contributed by atoms with van der Waals surface area (Å²) in [5.41, 5.74) is 0.463. The molecule has 0 saturated heterocycles. The number of hydrogen-bond donors (Lipinski definition) is 0. The molecule has 0 radical (unpaired) electrons. The molecule has 0 aromatic rings. The minimum absolute atomic E-state index is 0.111. The molecule has 3 atom stereocenters. The van der Waals surface area contributed by atoms with Gasteiger partial charge in [0.1, 0.15) is 5.60 Å². The number of carbonyl (C=O) groups is 1. The van der Waals surface area contributed by atoms with Gasteiger partial charge in [0.15, 0.2) is 0 Å². The van der Waals surface area contributed by atoms with Crippen LogP contribution in [0.2, 0.25) is 0 Å². The Morgan fingerprint density at radius 2 is 1.57 bits per heavy atom. The van der Waals surface area contributed by atoms with Gasteiger partial charge in [-0.05, 0) is 93.8 Å². The molecule has 6 saturated carbocycles. The first-order chi connectivity index (χ1) is 11.1. The molecule has 0 N–H and O–H groups in total. The first kappa shape index (κ1) is 14.5. The monoisotopic (exact) mass is 314 g/mol. The van der Waals surface area contributed by atoms with Gasteiger partial charge in [-0.3, -0.25) is 0 Å². The number of fused-ring (bicyclic) bond motifs is 2. The van der Waals surface area contributed by atoms with Gasteiger partial charge in [0.2, 0.25) is 0 Å². The lowest BCUT2D eigenvalue weighted by atomic mass is 9.46. The van der Waals surface area contributed by atoms with Gasteiger partial charge in [0, 0.05) is 11.5 Å². The molecule has 6 fully saturated rings. The molecule has 0 heterocycles. The summed E-state index contributed by atoms with van der Waals surface area (Å²) in [4.78, 5) is 12.6. The van der Waals surface area contributed by atoms with E-state index < -0.39 is 0 Å². The van der Waals surface area contributed by atoms with E-state index in [0.29, 0.717) is 23.3 Å². The zero-order valence-corrected chi connectivity index (χ0v) is 14.4. The summed E-state index contributed by atoms with van der Waals surface area (Å²) >= 11 is 0. The van der Waals surface area contributed by atoms with Crippen molar-refractivity contribution in [1.82, 2.24) is 0 Å². The third-order valence-electron chi connectivity index (χ3n) is 8.35. The van der Waals surface area contributed by atoms with E-state index in [1.807, 2.05) is 6.92 Å². The van der Waals surface area contributed by atoms with E-state index in [1.165, 1.54) is 57.8 Å². The predicted octanol–water partition coefficient (Wildman–Crippen LogP) is 4.74. The van der Waals surface area contributed by atoms with Crippen molar-refractivity contribution in [3.8, 4) is 0 Å². The van der Waals surface area contributed by atoms with E-state index in [1.54, 1.807) is 0 Å². The van der Waals surface area contributed by atoms with Crippen LogP contribution >= 0.6 is 0 Å². The summed E-state index contributed by atoms with van der Waals surface area (Å²) in [6.07, 6.45) is 12.3. The fraction of sp³-hybridized carbons (Fsp3) is 0.857. The summed E-state index contributed by atoms with van der Waals surface area (Å²) in [7, 11) is 0. The highest BCUT2D eigenvalue weighted by atomic mass is 16.6. The van der Waals surface area contributed by atoms with E-state index in [9.17, 15) is 4.79 Å². The molecule has 6 aliphatic rings. The molecule has 3 unspecified atom stereocenters. The van der Waals surface area contributed by atoms with Gasteiger partial charge >= 0.3 is 5.97 Å². The summed E-state index contributed by atoms with van der Waals surface area (Å²) in [6.45, 7) is 5.68. The molecule has 6 bridgehead atoms. The average molecular weight is 314 g/mol. The summed E-state index contributed by atoms with van der Waals surface area (Å²) in [5, 5.41) is 0. The second-order valence-corrected chi connectivity index (χ2v) is 9.61. The lowest BCUT2D eigenvalue weighted by molar-refractivity contribution is -0.232. The molecular weight excluding hydrogens is 284 g/mol. The topological polar surface area (TPSA) is 26.3 Å². The highest BCUT2D eigenvalue weighted by Gasteiger charge is 2.65. The highest BCUT2D eigenvalue weighted by Crippen LogP contribution is 2.66. The van der Waals surface area contributed by atoms with Crippen LogP contribution in [0.5, 0.6) is 0 Å². The normalized spacial score (nSPS) is 52.8. The zero-order valence-electron chi connectivity index (χ0n) is 14.4. The van der Waals surface area contributed by atoms with E-state index >= 15 is 0 Å². The van der Waals surface area contributed by atoms with Gasteiger partial charge in [-0.2, -0.15) is 0 Å². The van der Waals surface area contributed by atoms with Crippen LogP contribution < -0.4 is 0 Å². The smallest absolute Gasteiger partial charge is 0.333 e. The van der Waals surface area contributed by atoms with Crippen LogP contribution in [-0.2, 0) is 9.53 Å². The van der Waals surface area contributed by atoms with Crippen LogP contribution in [0.25, 0.3) is 0 Å². The molecule has 0 aliphatic heterocycles. The third kappa shape index (κ3) is 1.96. The van der Waals surface area contributed by atoms with Gasteiger partial charge in [0.25, 0.3) is 0 Å². The summed E-state index contributed by atoms with van der Waals surface area (Å²) in [6, 6.07) is 0. The quantitative estimate of drug-likeness (QED) is 0.556. The number of hydrogen-bond acceptors (Lipinski definition) is 2. The molecule has 126 valence electrons. The lowest BCUT2D eigenvalue weighted by Crippen LogP contribution is -2.64. The number of rotatable bonds is 3. The van der Waals surface area contributed by atoms with E-state index in [2.05, 4.69) is 6.58 Å². The molecule has 2 heteroatoms. The Bertz CT molecular complexity index is 520. The maximum atomic E-state index is 12.6. The van der Waals surface area contributed by atoms with Gasteiger partial charge in [-0.25, -0.2) is 4.79 Å². The van der Waals surface area contributed by atoms with Gasteiger partial charge < -0.3 is 4.74 Å². The Morgan fingerprint density at radius 1 is 0.913 bits per heavy atom. The first-order valence-electron chi connectivity index (χ1n) is 9.95. The molecular formula is C21H30O2. The highest BCUT2D eigenvalue weighted by molar-refractivity contribution is 5.87. The summed E-state index contributed by atoms with van der Waals surface area (Å²) < 4.78 is 6.47. The van der Waals surface area contributed by atoms with Crippen molar-refractivity contribution in [2.24, 2.45) is 41.4 Å². The van der Waals surface area contributed by atoms with Crippen molar-refractivity contribution in [3.05, 3.63) is 12.2 Å². The Kier molecular flexibility index (Phi) is 3.07. The number of esters is 1. The van der Waals surface area contributed by atoms with Gasteiger partial charge in [-0.15, -0.1) is 0 Å². The standard InChI is InChI=1S/C21H30O2/c1-12(2)20(22)23-21(19-11-13-3-4-16(19)6-13)17-7-14-5-15(9-17)10-18(21)8-14/h13-19H,1,3-11H2,2H3. The third-order valence-corrected chi connectivity index (χ3v) is 8.35. The Balaban J connectivity index is 1.54. The Labute approximate surface area is 140 Å². The molecule has 0 aromatic carbocycles. The molecule has 23 heavy (non-hydrogen) atoms. The van der Waals surface area contributed by atoms with Crippen molar-refractivity contribution in [1.29, 1.82) is 0 Å². The van der Waals surface area contributed by atoms with Crippen LogP contribution in [0.15, 0.2) is 12.2 Å². The van der Waals surface area contributed by atoms with Gasteiger partial charge in [0.05, 0.1) is 0 Å². The average Bonchev–Trinajstić information content (AvgIpc) is 3.13. The fourth-order valence-electron chi connectivity index (χ4n) is 7.81. The van der Waals surface area contributed by atoms with Crippen molar-refractivity contribution in [2.45, 2.75) is 70.3 Å². The molecule has 0 aromatic heterocycles. The maximum Gasteiger partial charge on any atom is 0.333 e. The van der Waals surface area contributed by atoms with Crippen LogP contribution in [0, 0.1) is 41.4 Å². The molecule has 0 amide bonds. The van der Waals surface area contributed by atoms with Crippen LogP contribution in [0.3, 0.4) is 0 Å². The lowest BCUT2D eigenvalue weighted by Gasteiger charge is -2.63. The number of carbonyl (C=O) groups excluding carboxylic acids is 1. The second-order valence-electron chi connectivity index (χ2n) is 9.61. The van der Waals surface area contributed by atoms with E-state index in [4.69, 9.17) is 4.74 Å². The first-order valence-corrected chi connectivity index (χ1v) is 9.95.